The first-order chi connectivity index (χ1) is 11.4. The molecule has 9 heteroatoms. The van der Waals surface area contributed by atoms with E-state index in [0.29, 0.717) is 43.6 Å². The molecule has 3 heterocycles. The third-order valence-electron chi connectivity index (χ3n) is 4.95. The number of hydrogen-bond donors (Lipinski definition) is 0. The Labute approximate surface area is 141 Å². The molecule has 0 radical (unpaired) electrons. The molecular formula is C15H22N4O4S. The van der Waals surface area contributed by atoms with Crippen LogP contribution < -0.4 is 4.90 Å². The lowest BCUT2D eigenvalue weighted by atomic mass is 10.0. The van der Waals surface area contributed by atoms with E-state index < -0.39 is 9.84 Å². The Balaban J connectivity index is 1.66. The predicted octanol–water partition coefficient (Wildman–Crippen LogP) is 0.997. The van der Waals surface area contributed by atoms with Crippen molar-refractivity contribution in [2.24, 2.45) is 0 Å². The van der Waals surface area contributed by atoms with E-state index in [2.05, 4.69) is 9.88 Å². The van der Waals surface area contributed by atoms with Crippen LogP contribution in [0.2, 0.25) is 0 Å². The van der Waals surface area contributed by atoms with E-state index >= 15 is 0 Å². The summed E-state index contributed by atoms with van der Waals surface area (Å²) in [5, 5.41) is 11.3. The van der Waals surface area contributed by atoms with Gasteiger partial charge in [-0.15, -0.1) is 0 Å². The molecule has 0 aliphatic carbocycles. The Morgan fingerprint density at radius 2 is 1.83 bits per heavy atom. The summed E-state index contributed by atoms with van der Waals surface area (Å²) in [5.74, 6) is 0.913. The smallest absolute Gasteiger partial charge is 0.314 e. The second-order valence-corrected chi connectivity index (χ2v) is 8.77. The Kier molecular flexibility index (Phi) is 4.73. The van der Waals surface area contributed by atoms with Crippen molar-refractivity contribution in [2.45, 2.75) is 25.8 Å². The van der Waals surface area contributed by atoms with E-state index in [1.54, 1.807) is 19.2 Å². The first kappa shape index (κ1) is 17.1. The summed E-state index contributed by atoms with van der Waals surface area (Å²) in [6.07, 6.45) is 3.35. The van der Waals surface area contributed by atoms with Gasteiger partial charge in [0.15, 0.2) is 9.84 Å². The van der Waals surface area contributed by atoms with Crippen LogP contribution in [0.5, 0.6) is 0 Å². The summed E-state index contributed by atoms with van der Waals surface area (Å²) in [6.45, 7) is 4.31. The highest BCUT2D eigenvalue weighted by Gasteiger charge is 2.32. The van der Waals surface area contributed by atoms with E-state index in [-0.39, 0.29) is 22.1 Å². The third kappa shape index (κ3) is 3.51. The number of aromatic nitrogens is 1. The summed E-state index contributed by atoms with van der Waals surface area (Å²) in [7, 11) is -2.87. The average molecular weight is 354 g/mol. The minimum Gasteiger partial charge on any atom is -0.351 e. The van der Waals surface area contributed by atoms with E-state index in [1.165, 1.54) is 0 Å². The summed E-state index contributed by atoms with van der Waals surface area (Å²) >= 11 is 0. The van der Waals surface area contributed by atoms with Crippen LogP contribution in [0.15, 0.2) is 12.3 Å². The molecule has 1 aromatic rings. The highest BCUT2D eigenvalue weighted by atomic mass is 32.2. The zero-order valence-corrected chi connectivity index (χ0v) is 14.5. The average Bonchev–Trinajstić information content (AvgIpc) is 2.54. The number of sulfone groups is 1. The molecule has 0 amide bonds. The van der Waals surface area contributed by atoms with Crippen LogP contribution >= 0.6 is 0 Å². The largest absolute Gasteiger partial charge is 0.351 e. The molecule has 0 saturated carbocycles. The Morgan fingerprint density at radius 3 is 2.42 bits per heavy atom. The quantitative estimate of drug-likeness (QED) is 0.590. The molecule has 0 spiro atoms. The molecule has 2 saturated heterocycles. The number of pyridine rings is 1. The molecule has 3 rings (SSSR count). The lowest BCUT2D eigenvalue weighted by Crippen LogP contribution is -2.50. The van der Waals surface area contributed by atoms with Crippen molar-refractivity contribution >= 4 is 21.3 Å². The monoisotopic (exact) mass is 354 g/mol. The van der Waals surface area contributed by atoms with Crippen LogP contribution in [0.4, 0.5) is 11.5 Å². The van der Waals surface area contributed by atoms with Crippen molar-refractivity contribution in [3.8, 4) is 0 Å². The Hall–Kier alpha value is -1.74. The van der Waals surface area contributed by atoms with Gasteiger partial charge >= 0.3 is 5.69 Å². The summed E-state index contributed by atoms with van der Waals surface area (Å²) in [4.78, 5) is 19.4. The topological polar surface area (TPSA) is 96.7 Å². The molecule has 132 valence electrons. The van der Waals surface area contributed by atoms with Crippen LogP contribution in [0.1, 0.15) is 18.4 Å². The Morgan fingerprint density at radius 1 is 1.21 bits per heavy atom. The van der Waals surface area contributed by atoms with E-state index in [4.69, 9.17) is 0 Å². The standard InChI is InChI=1S/C15H22N4O4S/c1-12-2-5-16-15(14(12)19(20)21)18-6-3-13(4-7-18)17-8-10-24(22,23)11-9-17/h2,5,13H,3-4,6-11H2,1H3. The summed E-state index contributed by atoms with van der Waals surface area (Å²) in [5.41, 5.74) is 0.702. The third-order valence-corrected chi connectivity index (χ3v) is 6.56. The molecular weight excluding hydrogens is 332 g/mol. The van der Waals surface area contributed by atoms with E-state index in [1.807, 2.05) is 4.90 Å². The molecule has 0 N–H and O–H groups in total. The maximum atomic E-state index is 11.5. The zero-order chi connectivity index (χ0) is 17.3. The number of aryl methyl sites for hydroxylation is 1. The lowest BCUT2D eigenvalue weighted by molar-refractivity contribution is -0.384. The van der Waals surface area contributed by atoms with Gasteiger partial charge in [0.25, 0.3) is 0 Å². The van der Waals surface area contributed by atoms with Gasteiger partial charge in [-0.2, -0.15) is 0 Å². The van der Waals surface area contributed by atoms with Crippen LogP contribution in [-0.4, -0.2) is 67.0 Å². The molecule has 0 bridgehead atoms. The fourth-order valence-electron chi connectivity index (χ4n) is 3.53. The predicted molar refractivity (Wildman–Crippen MR) is 91.1 cm³/mol. The minimum atomic E-state index is -2.87. The normalized spacial score (nSPS) is 22.5. The van der Waals surface area contributed by atoms with E-state index in [9.17, 15) is 18.5 Å². The van der Waals surface area contributed by atoms with Gasteiger partial charge in [-0.3, -0.25) is 15.0 Å². The molecule has 2 fully saturated rings. The fraction of sp³-hybridized carbons (Fsp3) is 0.667. The molecule has 24 heavy (non-hydrogen) atoms. The van der Waals surface area contributed by atoms with Crippen molar-refractivity contribution in [3.63, 3.8) is 0 Å². The summed E-state index contributed by atoms with van der Waals surface area (Å²) < 4.78 is 23.1. The van der Waals surface area contributed by atoms with E-state index in [0.717, 1.165) is 12.8 Å². The fourth-order valence-corrected chi connectivity index (χ4v) is 4.76. The SMILES string of the molecule is Cc1ccnc(N2CCC(N3CCS(=O)(=O)CC3)CC2)c1[N+](=O)[O-]. The number of piperidine rings is 1. The zero-order valence-electron chi connectivity index (χ0n) is 13.7. The van der Waals surface area contributed by atoms with Gasteiger partial charge in [-0.25, -0.2) is 13.4 Å². The van der Waals surface area contributed by atoms with Crippen molar-refractivity contribution in [3.05, 3.63) is 27.9 Å². The van der Waals surface area contributed by atoms with Gasteiger partial charge < -0.3 is 4.90 Å². The van der Waals surface area contributed by atoms with Crippen LogP contribution in [-0.2, 0) is 9.84 Å². The molecule has 1 aromatic heterocycles. The second-order valence-electron chi connectivity index (χ2n) is 6.46. The van der Waals surface area contributed by atoms with Gasteiger partial charge in [0, 0.05) is 44.0 Å². The highest BCUT2D eigenvalue weighted by Crippen LogP contribution is 2.31. The minimum absolute atomic E-state index is 0.0833. The number of anilines is 1. The van der Waals surface area contributed by atoms with Gasteiger partial charge in [0.1, 0.15) is 0 Å². The highest BCUT2D eigenvalue weighted by molar-refractivity contribution is 7.91. The van der Waals surface area contributed by atoms with Gasteiger partial charge in [0.05, 0.1) is 16.4 Å². The number of nitro groups is 1. The second kappa shape index (κ2) is 6.64. The van der Waals surface area contributed by atoms with Crippen LogP contribution in [0.25, 0.3) is 0 Å². The van der Waals surface area contributed by atoms with Crippen molar-refractivity contribution in [1.82, 2.24) is 9.88 Å². The van der Waals surface area contributed by atoms with Crippen molar-refractivity contribution in [1.29, 1.82) is 0 Å². The van der Waals surface area contributed by atoms with Crippen LogP contribution in [0, 0.1) is 17.0 Å². The summed E-state index contributed by atoms with van der Waals surface area (Å²) in [6, 6.07) is 2.00. The van der Waals surface area contributed by atoms with Crippen molar-refractivity contribution < 1.29 is 13.3 Å². The number of hydrogen-bond acceptors (Lipinski definition) is 7. The van der Waals surface area contributed by atoms with Gasteiger partial charge in [-0.05, 0) is 25.8 Å². The van der Waals surface area contributed by atoms with Gasteiger partial charge in [-0.1, -0.05) is 0 Å². The molecule has 8 nitrogen and oxygen atoms in total. The molecule has 0 unspecified atom stereocenters. The molecule has 2 aliphatic rings. The maximum absolute atomic E-state index is 11.5. The maximum Gasteiger partial charge on any atom is 0.314 e. The lowest BCUT2D eigenvalue weighted by Gasteiger charge is -2.40. The van der Waals surface area contributed by atoms with Gasteiger partial charge in [0.2, 0.25) is 5.82 Å². The molecule has 0 aromatic carbocycles. The number of rotatable bonds is 3. The van der Waals surface area contributed by atoms with Crippen LogP contribution in [0.3, 0.4) is 0 Å². The first-order valence-corrected chi connectivity index (χ1v) is 9.99. The Bertz CT molecular complexity index is 715. The molecule has 0 atom stereocenters. The molecule has 2 aliphatic heterocycles. The van der Waals surface area contributed by atoms with Crippen molar-refractivity contribution in [2.75, 3.05) is 42.6 Å². The number of nitrogens with zero attached hydrogens (tertiary/aromatic N) is 4. The first-order valence-electron chi connectivity index (χ1n) is 8.17.